The van der Waals surface area contributed by atoms with Gasteiger partial charge in [0.15, 0.2) is 0 Å². The number of aromatic nitrogens is 1. The summed E-state index contributed by atoms with van der Waals surface area (Å²) in [5, 5.41) is 11.0. The predicted octanol–water partition coefficient (Wildman–Crippen LogP) is -0.860. The van der Waals surface area contributed by atoms with Crippen molar-refractivity contribution < 1.29 is 19.5 Å². The van der Waals surface area contributed by atoms with E-state index in [1.807, 2.05) is 0 Å². The Labute approximate surface area is 96.6 Å². The van der Waals surface area contributed by atoms with E-state index in [-0.39, 0.29) is 5.56 Å². The van der Waals surface area contributed by atoms with E-state index in [9.17, 15) is 14.4 Å². The first-order valence-electron chi connectivity index (χ1n) is 4.72. The molecule has 2 amide bonds. The molecule has 0 aromatic carbocycles. The number of carboxylic acid groups (broad SMARTS) is 1. The van der Waals surface area contributed by atoms with Crippen molar-refractivity contribution in [1.29, 1.82) is 0 Å². The average molecular weight is 237 g/mol. The zero-order valence-corrected chi connectivity index (χ0v) is 8.79. The van der Waals surface area contributed by atoms with Crippen molar-refractivity contribution in [1.82, 2.24) is 10.3 Å². The van der Waals surface area contributed by atoms with E-state index in [0.29, 0.717) is 0 Å². The Morgan fingerprint density at radius 2 is 2.18 bits per heavy atom. The number of pyridine rings is 1. The predicted molar refractivity (Wildman–Crippen MR) is 56.9 cm³/mol. The smallest absolute Gasteiger partial charge is 0.326 e. The van der Waals surface area contributed by atoms with Crippen molar-refractivity contribution >= 4 is 17.8 Å². The summed E-state index contributed by atoms with van der Waals surface area (Å²) in [5.74, 6) is -2.74. The lowest BCUT2D eigenvalue weighted by Gasteiger charge is -2.12. The third-order valence-electron chi connectivity index (χ3n) is 1.93. The maximum Gasteiger partial charge on any atom is 0.326 e. The summed E-state index contributed by atoms with van der Waals surface area (Å²) in [7, 11) is 0. The Bertz CT molecular complexity index is 432. The summed E-state index contributed by atoms with van der Waals surface area (Å²) in [6, 6.07) is 1.68. The molecule has 4 N–H and O–H groups in total. The van der Waals surface area contributed by atoms with Gasteiger partial charge < -0.3 is 16.2 Å². The number of hydrogen-bond acceptors (Lipinski definition) is 4. The van der Waals surface area contributed by atoms with Gasteiger partial charge in [-0.1, -0.05) is 0 Å². The molecule has 0 fully saturated rings. The number of primary amides is 1. The molecule has 0 aliphatic rings. The molecule has 1 rings (SSSR count). The lowest BCUT2D eigenvalue weighted by atomic mass is 10.2. The van der Waals surface area contributed by atoms with Crippen LogP contribution in [0.25, 0.3) is 0 Å². The Morgan fingerprint density at radius 1 is 1.47 bits per heavy atom. The van der Waals surface area contributed by atoms with Gasteiger partial charge in [-0.15, -0.1) is 0 Å². The highest BCUT2D eigenvalue weighted by Gasteiger charge is 2.22. The summed E-state index contributed by atoms with van der Waals surface area (Å²) >= 11 is 0. The van der Waals surface area contributed by atoms with E-state index in [1.54, 1.807) is 6.07 Å². The number of carboxylic acids is 1. The van der Waals surface area contributed by atoms with Gasteiger partial charge in [0.1, 0.15) is 6.04 Å². The van der Waals surface area contributed by atoms with Crippen LogP contribution in [0.15, 0.2) is 24.5 Å². The van der Waals surface area contributed by atoms with Gasteiger partial charge in [0.25, 0.3) is 5.91 Å². The summed E-state index contributed by atoms with van der Waals surface area (Å²) in [6.07, 6.45) is 2.31. The van der Waals surface area contributed by atoms with E-state index < -0.39 is 30.2 Å². The van der Waals surface area contributed by atoms with E-state index in [4.69, 9.17) is 10.8 Å². The molecule has 7 heteroatoms. The largest absolute Gasteiger partial charge is 0.480 e. The van der Waals surface area contributed by atoms with Crippen LogP contribution in [-0.2, 0) is 9.59 Å². The van der Waals surface area contributed by atoms with Crippen molar-refractivity contribution in [2.45, 2.75) is 12.5 Å². The Kier molecular flexibility index (Phi) is 4.15. The molecule has 0 aliphatic carbocycles. The number of aliphatic carboxylic acids is 1. The van der Waals surface area contributed by atoms with Gasteiger partial charge in [0.2, 0.25) is 5.91 Å². The molecular formula is C10H11N3O4. The van der Waals surface area contributed by atoms with Crippen LogP contribution in [0.2, 0.25) is 0 Å². The lowest BCUT2D eigenvalue weighted by molar-refractivity contribution is -0.140. The van der Waals surface area contributed by atoms with Crippen LogP contribution in [0, 0.1) is 0 Å². The summed E-state index contributed by atoms with van der Waals surface area (Å²) in [4.78, 5) is 36.7. The number of nitrogens with zero attached hydrogens (tertiary/aromatic N) is 1. The number of nitrogens with one attached hydrogen (secondary N) is 1. The number of hydrogen-bond donors (Lipinski definition) is 3. The Hall–Kier alpha value is -2.44. The molecule has 0 aliphatic heterocycles. The SMILES string of the molecule is NC(=O)C[C@H](NC(=O)c1cccnc1)C(=O)O. The minimum Gasteiger partial charge on any atom is -0.480 e. The molecule has 0 spiro atoms. The van der Waals surface area contributed by atoms with Crippen molar-refractivity contribution in [3.63, 3.8) is 0 Å². The van der Waals surface area contributed by atoms with Crippen LogP contribution in [-0.4, -0.2) is 33.9 Å². The van der Waals surface area contributed by atoms with Crippen LogP contribution in [0.5, 0.6) is 0 Å². The number of rotatable bonds is 5. The number of nitrogens with two attached hydrogens (primary N) is 1. The first kappa shape index (κ1) is 12.6. The Morgan fingerprint density at radius 3 is 2.65 bits per heavy atom. The summed E-state index contributed by atoms with van der Waals surface area (Å²) < 4.78 is 0. The van der Waals surface area contributed by atoms with Crippen molar-refractivity contribution in [3.05, 3.63) is 30.1 Å². The molecule has 0 unspecified atom stereocenters. The molecule has 0 saturated carbocycles. The maximum atomic E-state index is 11.6. The first-order chi connectivity index (χ1) is 8.00. The maximum absolute atomic E-state index is 11.6. The quantitative estimate of drug-likeness (QED) is 0.615. The fourth-order valence-corrected chi connectivity index (χ4v) is 1.14. The van der Waals surface area contributed by atoms with Crippen LogP contribution in [0.1, 0.15) is 16.8 Å². The highest BCUT2D eigenvalue weighted by atomic mass is 16.4. The second-order valence-electron chi connectivity index (χ2n) is 3.28. The third-order valence-corrected chi connectivity index (χ3v) is 1.93. The average Bonchev–Trinajstić information content (AvgIpc) is 2.28. The zero-order valence-electron chi connectivity index (χ0n) is 8.79. The lowest BCUT2D eigenvalue weighted by Crippen LogP contribution is -2.43. The highest BCUT2D eigenvalue weighted by Crippen LogP contribution is 1.98. The van der Waals surface area contributed by atoms with Crippen LogP contribution in [0.3, 0.4) is 0 Å². The van der Waals surface area contributed by atoms with Crippen LogP contribution in [0.4, 0.5) is 0 Å². The van der Waals surface area contributed by atoms with Crippen molar-refractivity contribution in [2.75, 3.05) is 0 Å². The molecule has 1 atom stereocenters. The standard InChI is InChI=1S/C10H11N3O4/c11-8(14)4-7(10(16)17)13-9(15)6-2-1-3-12-5-6/h1-3,5,7H,4H2,(H2,11,14)(H,13,15)(H,16,17)/t7-/m0/s1. The van der Waals surface area contributed by atoms with Crippen LogP contribution >= 0.6 is 0 Å². The molecule has 7 nitrogen and oxygen atoms in total. The molecule has 1 aromatic heterocycles. The number of amides is 2. The molecular weight excluding hydrogens is 226 g/mol. The van der Waals surface area contributed by atoms with Crippen molar-refractivity contribution in [3.8, 4) is 0 Å². The van der Waals surface area contributed by atoms with E-state index in [2.05, 4.69) is 10.3 Å². The fraction of sp³-hybridized carbons (Fsp3) is 0.200. The molecule has 0 radical (unpaired) electrons. The van der Waals surface area contributed by atoms with E-state index in [1.165, 1.54) is 18.5 Å². The van der Waals surface area contributed by atoms with Gasteiger partial charge >= 0.3 is 5.97 Å². The van der Waals surface area contributed by atoms with Gasteiger partial charge in [-0.2, -0.15) is 0 Å². The normalized spacial score (nSPS) is 11.5. The highest BCUT2D eigenvalue weighted by molar-refractivity contribution is 5.97. The zero-order chi connectivity index (χ0) is 12.8. The summed E-state index contributed by atoms with van der Waals surface area (Å²) in [5.41, 5.74) is 5.09. The topological polar surface area (TPSA) is 122 Å². The van der Waals surface area contributed by atoms with Gasteiger partial charge in [-0.3, -0.25) is 14.6 Å². The van der Waals surface area contributed by atoms with E-state index in [0.717, 1.165) is 0 Å². The molecule has 17 heavy (non-hydrogen) atoms. The fourth-order valence-electron chi connectivity index (χ4n) is 1.14. The first-order valence-corrected chi connectivity index (χ1v) is 4.72. The summed E-state index contributed by atoms with van der Waals surface area (Å²) in [6.45, 7) is 0. The van der Waals surface area contributed by atoms with Gasteiger partial charge in [-0.25, -0.2) is 4.79 Å². The minimum absolute atomic E-state index is 0.211. The van der Waals surface area contributed by atoms with Gasteiger partial charge in [0, 0.05) is 12.4 Å². The van der Waals surface area contributed by atoms with E-state index >= 15 is 0 Å². The van der Waals surface area contributed by atoms with Crippen molar-refractivity contribution in [2.24, 2.45) is 5.73 Å². The third kappa shape index (κ3) is 3.90. The second kappa shape index (κ2) is 5.59. The minimum atomic E-state index is -1.33. The Balaban J connectivity index is 2.71. The van der Waals surface area contributed by atoms with Gasteiger partial charge in [0.05, 0.1) is 12.0 Å². The molecule has 1 heterocycles. The molecule has 0 bridgehead atoms. The van der Waals surface area contributed by atoms with Crippen LogP contribution < -0.4 is 11.1 Å². The number of carbonyl (C=O) groups is 3. The molecule has 1 aromatic rings. The molecule has 0 saturated heterocycles. The second-order valence-corrected chi connectivity index (χ2v) is 3.28. The van der Waals surface area contributed by atoms with Gasteiger partial charge in [-0.05, 0) is 12.1 Å². The molecule has 90 valence electrons. The number of carbonyl (C=O) groups excluding carboxylic acids is 2. The monoisotopic (exact) mass is 237 g/mol.